The Morgan fingerprint density at radius 2 is 2.29 bits per heavy atom. The van der Waals surface area contributed by atoms with Crippen LogP contribution in [0.1, 0.15) is 12.5 Å². The number of hydrogen-bond acceptors (Lipinski definition) is 3. The maximum absolute atomic E-state index is 10.8. The Labute approximate surface area is 99.5 Å². The van der Waals surface area contributed by atoms with Gasteiger partial charge >= 0.3 is 5.97 Å². The van der Waals surface area contributed by atoms with Crippen molar-refractivity contribution in [3.8, 4) is 5.75 Å². The molecule has 1 aliphatic heterocycles. The lowest BCUT2D eigenvalue weighted by atomic mass is 10.1. The molecule has 4 heteroatoms. The molecule has 0 amide bonds. The predicted octanol–water partition coefficient (Wildman–Crippen LogP) is 1.95. The van der Waals surface area contributed by atoms with Crippen LogP contribution in [-0.2, 0) is 9.53 Å². The Morgan fingerprint density at radius 1 is 1.59 bits per heavy atom. The number of carboxylic acids is 1. The molecule has 1 aliphatic rings. The fraction of sp³-hybridized carbons (Fsp3) is 0.308. The van der Waals surface area contributed by atoms with Gasteiger partial charge in [-0.2, -0.15) is 0 Å². The molecule has 17 heavy (non-hydrogen) atoms. The third-order valence-electron chi connectivity index (χ3n) is 2.46. The lowest BCUT2D eigenvalue weighted by Gasteiger charge is -2.07. The zero-order valence-electron chi connectivity index (χ0n) is 9.55. The maximum atomic E-state index is 10.8. The SMILES string of the molecule is CC(=Cc1ccccc1OCC1CO1)C(=O)O. The minimum atomic E-state index is -0.926. The van der Waals surface area contributed by atoms with Gasteiger partial charge in [-0.3, -0.25) is 0 Å². The molecule has 90 valence electrons. The predicted molar refractivity (Wildman–Crippen MR) is 63.0 cm³/mol. The van der Waals surface area contributed by atoms with Crippen LogP contribution >= 0.6 is 0 Å². The number of benzene rings is 1. The highest BCUT2D eigenvalue weighted by Gasteiger charge is 2.23. The summed E-state index contributed by atoms with van der Waals surface area (Å²) in [6, 6.07) is 7.36. The molecule has 1 N–H and O–H groups in total. The van der Waals surface area contributed by atoms with Crippen molar-refractivity contribution in [2.75, 3.05) is 13.2 Å². The standard InChI is InChI=1S/C13H14O4/c1-9(13(14)15)6-10-4-2-3-5-12(10)17-8-11-7-16-11/h2-6,11H,7-8H2,1H3,(H,14,15). The second kappa shape index (κ2) is 5.01. The van der Waals surface area contributed by atoms with E-state index in [0.717, 1.165) is 12.2 Å². The van der Waals surface area contributed by atoms with Crippen LogP contribution < -0.4 is 4.74 Å². The number of carboxylic acid groups (broad SMARTS) is 1. The van der Waals surface area contributed by atoms with E-state index in [-0.39, 0.29) is 11.7 Å². The number of ether oxygens (including phenoxy) is 2. The number of epoxide rings is 1. The Kier molecular flexibility index (Phi) is 3.44. The highest BCUT2D eigenvalue weighted by molar-refractivity contribution is 5.91. The van der Waals surface area contributed by atoms with E-state index < -0.39 is 5.97 Å². The van der Waals surface area contributed by atoms with Crippen molar-refractivity contribution in [2.45, 2.75) is 13.0 Å². The van der Waals surface area contributed by atoms with Crippen molar-refractivity contribution < 1.29 is 19.4 Å². The number of para-hydroxylation sites is 1. The van der Waals surface area contributed by atoms with Gasteiger partial charge in [0.15, 0.2) is 0 Å². The van der Waals surface area contributed by atoms with Gasteiger partial charge in [0.25, 0.3) is 0 Å². The first-order chi connectivity index (χ1) is 8.16. The molecule has 0 saturated carbocycles. The van der Waals surface area contributed by atoms with E-state index in [1.807, 2.05) is 24.3 Å². The third kappa shape index (κ3) is 3.32. The summed E-state index contributed by atoms with van der Waals surface area (Å²) in [5.41, 5.74) is 1.05. The van der Waals surface area contributed by atoms with Gasteiger partial charge in [0, 0.05) is 11.1 Å². The van der Waals surface area contributed by atoms with Crippen LogP contribution in [0.3, 0.4) is 0 Å². The van der Waals surface area contributed by atoms with Crippen molar-refractivity contribution in [3.05, 3.63) is 35.4 Å². The molecule has 4 nitrogen and oxygen atoms in total. The van der Waals surface area contributed by atoms with E-state index in [4.69, 9.17) is 14.6 Å². The van der Waals surface area contributed by atoms with Gasteiger partial charge in [-0.25, -0.2) is 4.79 Å². The van der Waals surface area contributed by atoms with Gasteiger partial charge in [-0.15, -0.1) is 0 Å². The molecule has 0 bridgehead atoms. The van der Waals surface area contributed by atoms with E-state index in [2.05, 4.69) is 0 Å². The van der Waals surface area contributed by atoms with Crippen LogP contribution in [0.4, 0.5) is 0 Å². The quantitative estimate of drug-likeness (QED) is 0.625. The summed E-state index contributed by atoms with van der Waals surface area (Å²) >= 11 is 0. The first-order valence-electron chi connectivity index (χ1n) is 5.42. The fourth-order valence-corrected chi connectivity index (χ4v) is 1.37. The molecule has 1 fully saturated rings. The third-order valence-corrected chi connectivity index (χ3v) is 2.46. The lowest BCUT2D eigenvalue weighted by molar-refractivity contribution is -0.132. The largest absolute Gasteiger partial charge is 0.490 e. The highest BCUT2D eigenvalue weighted by atomic mass is 16.6. The zero-order chi connectivity index (χ0) is 12.3. The van der Waals surface area contributed by atoms with Gasteiger partial charge in [0.1, 0.15) is 18.5 Å². The van der Waals surface area contributed by atoms with Gasteiger partial charge in [0.2, 0.25) is 0 Å². The Balaban J connectivity index is 2.14. The summed E-state index contributed by atoms with van der Waals surface area (Å²) in [5, 5.41) is 8.83. The Hall–Kier alpha value is -1.81. The molecule has 0 aliphatic carbocycles. The first-order valence-corrected chi connectivity index (χ1v) is 5.42. The van der Waals surface area contributed by atoms with E-state index in [0.29, 0.717) is 12.4 Å². The van der Waals surface area contributed by atoms with Crippen LogP contribution in [0, 0.1) is 0 Å². The average molecular weight is 234 g/mol. The molecule has 1 aromatic carbocycles. The van der Waals surface area contributed by atoms with E-state index in [1.165, 1.54) is 0 Å². The summed E-state index contributed by atoms with van der Waals surface area (Å²) in [6.45, 7) is 2.81. The topological polar surface area (TPSA) is 59.1 Å². The summed E-state index contributed by atoms with van der Waals surface area (Å²) in [5.74, 6) is -0.242. The van der Waals surface area contributed by atoms with Crippen LogP contribution in [0.25, 0.3) is 6.08 Å². The Morgan fingerprint density at radius 3 is 2.94 bits per heavy atom. The average Bonchev–Trinajstić information content (AvgIpc) is 3.11. The highest BCUT2D eigenvalue weighted by Crippen LogP contribution is 2.22. The molecule has 0 radical (unpaired) electrons. The van der Waals surface area contributed by atoms with E-state index in [9.17, 15) is 4.79 Å². The maximum Gasteiger partial charge on any atom is 0.331 e. The molecule has 2 rings (SSSR count). The summed E-state index contributed by atoms with van der Waals surface area (Å²) in [7, 11) is 0. The smallest absolute Gasteiger partial charge is 0.331 e. The zero-order valence-corrected chi connectivity index (χ0v) is 9.55. The number of carbonyl (C=O) groups is 1. The molecule has 1 heterocycles. The van der Waals surface area contributed by atoms with Gasteiger partial charge in [0.05, 0.1) is 6.61 Å². The summed E-state index contributed by atoms with van der Waals surface area (Å²) in [4.78, 5) is 10.8. The van der Waals surface area contributed by atoms with Gasteiger partial charge in [-0.1, -0.05) is 18.2 Å². The van der Waals surface area contributed by atoms with Crippen LogP contribution in [0.2, 0.25) is 0 Å². The van der Waals surface area contributed by atoms with Crippen molar-refractivity contribution in [1.29, 1.82) is 0 Å². The Bertz CT molecular complexity index is 446. The van der Waals surface area contributed by atoms with Crippen molar-refractivity contribution >= 4 is 12.0 Å². The second-order valence-corrected chi connectivity index (χ2v) is 3.94. The molecular weight excluding hydrogens is 220 g/mol. The molecule has 0 spiro atoms. The number of aliphatic carboxylic acids is 1. The first kappa shape index (κ1) is 11.7. The monoisotopic (exact) mass is 234 g/mol. The van der Waals surface area contributed by atoms with Crippen molar-refractivity contribution in [1.82, 2.24) is 0 Å². The number of hydrogen-bond donors (Lipinski definition) is 1. The minimum absolute atomic E-state index is 0.188. The molecule has 0 aromatic heterocycles. The van der Waals surface area contributed by atoms with Gasteiger partial charge < -0.3 is 14.6 Å². The van der Waals surface area contributed by atoms with Crippen molar-refractivity contribution in [2.24, 2.45) is 0 Å². The molecular formula is C13H14O4. The normalized spacial score (nSPS) is 18.9. The fourth-order valence-electron chi connectivity index (χ4n) is 1.37. The second-order valence-electron chi connectivity index (χ2n) is 3.94. The van der Waals surface area contributed by atoms with E-state index in [1.54, 1.807) is 13.0 Å². The number of rotatable bonds is 5. The van der Waals surface area contributed by atoms with Crippen LogP contribution in [-0.4, -0.2) is 30.4 Å². The molecule has 1 atom stereocenters. The minimum Gasteiger partial charge on any atom is -0.490 e. The molecule has 1 unspecified atom stereocenters. The lowest BCUT2D eigenvalue weighted by Crippen LogP contribution is -2.05. The van der Waals surface area contributed by atoms with E-state index >= 15 is 0 Å². The molecule has 1 saturated heterocycles. The van der Waals surface area contributed by atoms with Crippen molar-refractivity contribution in [3.63, 3.8) is 0 Å². The van der Waals surface area contributed by atoms with Gasteiger partial charge in [-0.05, 0) is 19.1 Å². The molecule has 1 aromatic rings. The summed E-state index contributed by atoms with van der Waals surface area (Å²) in [6.07, 6.45) is 1.79. The summed E-state index contributed by atoms with van der Waals surface area (Å²) < 4.78 is 10.6. The van der Waals surface area contributed by atoms with Crippen LogP contribution in [0.15, 0.2) is 29.8 Å². The van der Waals surface area contributed by atoms with Crippen LogP contribution in [0.5, 0.6) is 5.75 Å².